The Bertz CT molecular complexity index is 782. The van der Waals surface area contributed by atoms with Crippen molar-refractivity contribution in [1.29, 1.82) is 0 Å². The van der Waals surface area contributed by atoms with Gasteiger partial charge in [-0.3, -0.25) is 0 Å². The fourth-order valence-corrected chi connectivity index (χ4v) is 3.19. The molecule has 0 aromatic carbocycles. The highest BCUT2D eigenvalue weighted by Gasteiger charge is 2.26. The van der Waals surface area contributed by atoms with Gasteiger partial charge in [-0.2, -0.15) is 0 Å². The van der Waals surface area contributed by atoms with Crippen LogP contribution in [0.3, 0.4) is 0 Å². The van der Waals surface area contributed by atoms with Crippen molar-refractivity contribution in [1.82, 2.24) is 15.0 Å². The third-order valence-corrected chi connectivity index (χ3v) is 4.46. The number of carbonyl (C=O) groups is 1. The number of nitrogens with one attached hydrogen (secondary N) is 2. The zero-order valence-electron chi connectivity index (χ0n) is 16.0. The first kappa shape index (κ1) is 18.9. The molecular weight excluding hydrogens is 344 g/mol. The molecule has 2 aromatic rings. The fraction of sp³-hybridized carbons (Fsp3) is 0.474. The zero-order valence-corrected chi connectivity index (χ0v) is 16.0. The van der Waals surface area contributed by atoms with Gasteiger partial charge in [-0.1, -0.05) is 0 Å². The molecule has 1 fully saturated rings. The minimum atomic E-state index is -0.363. The van der Waals surface area contributed by atoms with E-state index in [9.17, 15) is 4.79 Å². The lowest BCUT2D eigenvalue weighted by Gasteiger charge is -2.26. The van der Waals surface area contributed by atoms with E-state index in [-0.39, 0.29) is 18.1 Å². The van der Waals surface area contributed by atoms with E-state index < -0.39 is 0 Å². The molecule has 0 bridgehead atoms. The highest BCUT2D eigenvalue weighted by Crippen LogP contribution is 2.25. The van der Waals surface area contributed by atoms with Gasteiger partial charge in [0.2, 0.25) is 0 Å². The summed E-state index contributed by atoms with van der Waals surface area (Å²) in [5.74, 6) is 1.88. The van der Waals surface area contributed by atoms with Gasteiger partial charge >= 0.3 is 5.97 Å². The van der Waals surface area contributed by atoms with Crippen LogP contribution in [0, 0.1) is 0 Å². The van der Waals surface area contributed by atoms with Gasteiger partial charge in [-0.15, -0.1) is 0 Å². The molecule has 8 heteroatoms. The van der Waals surface area contributed by atoms with E-state index in [1.807, 2.05) is 27.0 Å². The summed E-state index contributed by atoms with van der Waals surface area (Å²) in [5, 5.41) is 6.37. The maximum absolute atomic E-state index is 12.3. The number of hydrogen-bond donors (Lipinski definition) is 2. The van der Waals surface area contributed by atoms with Crippen LogP contribution in [-0.2, 0) is 4.74 Å². The number of nitrogens with zero attached hydrogens (tertiary/aromatic N) is 4. The summed E-state index contributed by atoms with van der Waals surface area (Å²) in [4.78, 5) is 27.5. The number of anilines is 3. The molecule has 1 atom stereocenters. The molecule has 0 radical (unpaired) electrons. The van der Waals surface area contributed by atoms with Gasteiger partial charge in [0.25, 0.3) is 0 Å². The van der Waals surface area contributed by atoms with Crippen molar-refractivity contribution in [3.63, 3.8) is 0 Å². The molecule has 3 rings (SSSR count). The largest absolute Gasteiger partial charge is 0.459 e. The van der Waals surface area contributed by atoms with E-state index >= 15 is 0 Å². The van der Waals surface area contributed by atoms with Gasteiger partial charge in [0.05, 0.1) is 6.10 Å². The van der Waals surface area contributed by atoms with Crippen molar-refractivity contribution < 1.29 is 9.53 Å². The molecule has 2 aromatic heterocycles. The lowest BCUT2D eigenvalue weighted by molar-refractivity contribution is 0.0378. The van der Waals surface area contributed by atoms with Gasteiger partial charge in [-0.05, 0) is 38.8 Å². The highest BCUT2D eigenvalue weighted by atomic mass is 16.5. The fourth-order valence-electron chi connectivity index (χ4n) is 3.19. The van der Waals surface area contributed by atoms with Crippen molar-refractivity contribution in [2.75, 3.05) is 35.7 Å². The summed E-state index contributed by atoms with van der Waals surface area (Å²) in [6, 6.07) is 5.69. The SMILES string of the molecule is CNc1cc(N2CCCC2CNc2ncccc2C(=O)OC(C)C)ncn1. The molecule has 144 valence electrons. The van der Waals surface area contributed by atoms with Crippen molar-refractivity contribution in [2.45, 2.75) is 38.8 Å². The molecule has 1 saturated heterocycles. The standard InChI is InChI=1S/C19H26N6O2/c1-13(2)27-19(26)15-7-4-8-21-18(15)22-11-14-6-5-9-25(14)17-10-16(20-3)23-12-24-17/h4,7-8,10,12-14H,5-6,9,11H2,1-3H3,(H,21,22)(H,20,23,24). The van der Waals surface area contributed by atoms with Gasteiger partial charge in [0.15, 0.2) is 0 Å². The molecule has 27 heavy (non-hydrogen) atoms. The number of hydrogen-bond acceptors (Lipinski definition) is 8. The molecule has 1 unspecified atom stereocenters. The second-order valence-electron chi connectivity index (χ2n) is 6.74. The normalized spacial score (nSPS) is 16.4. The second kappa shape index (κ2) is 8.66. The first-order chi connectivity index (χ1) is 13.1. The van der Waals surface area contributed by atoms with Crippen LogP contribution in [-0.4, -0.2) is 53.2 Å². The molecule has 1 aliphatic rings. The minimum Gasteiger partial charge on any atom is -0.459 e. The maximum atomic E-state index is 12.3. The van der Waals surface area contributed by atoms with Crippen molar-refractivity contribution >= 4 is 23.4 Å². The summed E-state index contributed by atoms with van der Waals surface area (Å²) in [5.41, 5.74) is 0.454. The van der Waals surface area contributed by atoms with Gasteiger partial charge in [-0.25, -0.2) is 19.7 Å². The summed E-state index contributed by atoms with van der Waals surface area (Å²) >= 11 is 0. The third kappa shape index (κ3) is 4.64. The molecule has 0 amide bonds. The van der Waals surface area contributed by atoms with Crippen LogP contribution in [0.25, 0.3) is 0 Å². The predicted molar refractivity (Wildman–Crippen MR) is 105 cm³/mol. The highest BCUT2D eigenvalue weighted by molar-refractivity contribution is 5.94. The number of pyridine rings is 1. The van der Waals surface area contributed by atoms with Crippen LogP contribution in [0.5, 0.6) is 0 Å². The Morgan fingerprint density at radius 1 is 1.37 bits per heavy atom. The molecule has 0 aliphatic carbocycles. The van der Waals surface area contributed by atoms with Crippen LogP contribution >= 0.6 is 0 Å². The van der Waals surface area contributed by atoms with Gasteiger partial charge < -0.3 is 20.3 Å². The first-order valence-electron chi connectivity index (χ1n) is 9.24. The van der Waals surface area contributed by atoms with Crippen LogP contribution in [0.4, 0.5) is 17.5 Å². The molecule has 1 aliphatic heterocycles. The second-order valence-corrected chi connectivity index (χ2v) is 6.74. The van der Waals surface area contributed by atoms with E-state index in [2.05, 4.69) is 30.5 Å². The third-order valence-electron chi connectivity index (χ3n) is 4.46. The minimum absolute atomic E-state index is 0.171. The lowest BCUT2D eigenvalue weighted by Crippen LogP contribution is -2.36. The number of aromatic nitrogens is 3. The van der Waals surface area contributed by atoms with Gasteiger partial charge in [0, 0.05) is 38.4 Å². The number of ether oxygens (including phenoxy) is 1. The van der Waals surface area contributed by atoms with Crippen molar-refractivity contribution in [2.24, 2.45) is 0 Å². The average molecular weight is 370 g/mol. The quantitative estimate of drug-likeness (QED) is 0.719. The van der Waals surface area contributed by atoms with E-state index in [0.717, 1.165) is 31.0 Å². The van der Waals surface area contributed by atoms with E-state index in [4.69, 9.17) is 4.74 Å². The average Bonchev–Trinajstić information content (AvgIpc) is 3.14. The van der Waals surface area contributed by atoms with Crippen LogP contribution in [0.1, 0.15) is 37.0 Å². The van der Waals surface area contributed by atoms with E-state index in [1.54, 1.807) is 24.7 Å². The van der Waals surface area contributed by atoms with Crippen molar-refractivity contribution in [3.05, 3.63) is 36.3 Å². The summed E-state index contributed by atoms with van der Waals surface area (Å²) < 4.78 is 5.31. The van der Waals surface area contributed by atoms with Crippen LogP contribution in [0.15, 0.2) is 30.7 Å². The molecule has 2 N–H and O–H groups in total. The number of rotatable bonds is 7. The monoisotopic (exact) mass is 370 g/mol. The molecule has 0 saturated carbocycles. The summed E-state index contributed by atoms with van der Waals surface area (Å²) in [6.07, 6.45) is 5.21. The Kier molecular flexibility index (Phi) is 6.05. The Hall–Kier alpha value is -2.90. The van der Waals surface area contributed by atoms with Crippen LogP contribution in [0.2, 0.25) is 0 Å². The smallest absolute Gasteiger partial charge is 0.342 e. The van der Waals surface area contributed by atoms with E-state index in [1.165, 1.54) is 0 Å². The molecule has 3 heterocycles. The Morgan fingerprint density at radius 3 is 3.00 bits per heavy atom. The summed E-state index contributed by atoms with van der Waals surface area (Å²) in [6.45, 7) is 5.27. The van der Waals surface area contributed by atoms with E-state index in [0.29, 0.717) is 17.9 Å². The number of carbonyl (C=O) groups excluding carboxylic acids is 1. The maximum Gasteiger partial charge on any atom is 0.342 e. The molecular formula is C19H26N6O2. The Morgan fingerprint density at radius 2 is 2.22 bits per heavy atom. The van der Waals surface area contributed by atoms with Gasteiger partial charge in [0.1, 0.15) is 29.3 Å². The Balaban J connectivity index is 1.70. The number of esters is 1. The van der Waals surface area contributed by atoms with Crippen molar-refractivity contribution in [3.8, 4) is 0 Å². The first-order valence-corrected chi connectivity index (χ1v) is 9.24. The lowest BCUT2D eigenvalue weighted by atomic mass is 10.2. The topological polar surface area (TPSA) is 92.3 Å². The Labute approximate surface area is 159 Å². The summed E-state index contributed by atoms with van der Waals surface area (Å²) in [7, 11) is 1.84. The molecule has 0 spiro atoms. The zero-order chi connectivity index (χ0) is 19.2. The van der Waals surface area contributed by atoms with Crippen LogP contribution < -0.4 is 15.5 Å². The molecule has 8 nitrogen and oxygen atoms in total. The predicted octanol–water partition coefficient (Wildman–Crippen LogP) is 2.56.